The van der Waals surface area contributed by atoms with E-state index in [1.54, 1.807) is 25.4 Å². The number of thiazole rings is 1. The fourth-order valence-electron chi connectivity index (χ4n) is 2.30. The molecule has 0 aliphatic carbocycles. The summed E-state index contributed by atoms with van der Waals surface area (Å²) in [7, 11) is 1.58. The van der Waals surface area contributed by atoms with E-state index in [1.165, 1.54) is 11.3 Å². The van der Waals surface area contributed by atoms with Crippen LogP contribution in [0.1, 0.15) is 15.9 Å². The molecular weight excluding hydrogens is 312 g/mol. The van der Waals surface area contributed by atoms with E-state index in [1.807, 2.05) is 18.2 Å². The largest absolute Gasteiger partial charge is 0.481 e. The molecule has 118 valence electrons. The van der Waals surface area contributed by atoms with Crippen molar-refractivity contribution >= 4 is 32.6 Å². The summed E-state index contributed by atoms with van der Waals surface area (Å²) >= 11 is 1.41. The van der Waals surface area contributed by atoms with E-state index in [9.17, 15) is 4.79 Å². The predicted molar refractivity (Wildman–Crippen MR) is 90.9 cm³/mol. The number of aromatic nitrogens is 2. The zero-order valence-electron chi connectivity index (χ0n) is 12.6. The quantitative estimate of drug-likeness (QED) is 0.750. The highest BCUT2D eigenvalue weighted by Crippen LogP contribution is 2.24. The van der Waals surface area contributed by atoms with Gasteiger partial charge >= 0.3 is 0 Å². The van der Waals surface area contributed by atoms with Gasteiger partial charge in [-0.05, 0) is 30.7 Å². The van der Waals surface area contributed by atoms with Gasteiger partial charge in [0.1, 0.15) is 0 Å². The van der Waals surface area contributed by atoms with Crippen molar-refractivity contribution in [2.45, 2.75) is 6.42 Å². The average molecular weight is 328 g/mol. The van der Waals surface area contributed by atoms with Gasteiger partial charge in [0.15, 0.2) is 5.13 Å². The second kappa shape index (κ2) is 6.62. The Morgan fingerprint density at radius 3 is 3.09 bits per heavy atom. The highest BCUT2D eigenvalue weighted by molar-refractivity contribution is 7.22. The summed E-state index contributed by atoms with van der Waals surface area (Å²) in [4.78, 5) is 20.6. The lowest BCUT2D eigenvalue weighted by atomic mass is 10.1. The minimum atomic E-state index is -0.138. The third-order valence-corrected chi connectivity index (χ3v) is 4.26. The Morgan fingerprint density at radius 1 is 1.39 bits per heavy atom. The maximum absolute atomic E-state index is 12.2. The number of fused-ring (bicyclic) bond motifs is 1. The zero-order valence-corrected chi connectivity index (χ0v) is 13.4. The van der Waals surface area contributed by atoms with Crippen LogP contribution in [0.15, 0.2) is 36.5 Å². The fourth-order valence-corrected chi connectivity index (χ4v) is 3.01. The van der Waals surface area contributed by atoms with E-state index >= 15 is 0 Å². The number of anilines is 1. The number of rotatable bonds is 5. The molecule has 0 radical (unpaired) electrons. The summed E-state index contributed by atoms with van der Waals surface area (Å²) in [6.45, 7) is 0.498. The number of ether oxygens (including phenoxy) is 1. The van der Waals surface area contributed by atoms with Crippen molar-refractivity contribution in [3.05, 3.63) is 47.7 Å². The van der Waals surface area contributed by atoms with Crippen LogP contribution in [0.2, 0.25) is 0 Å². The van der Waals surface area contributed by atoms with Crippen LogP contribution in [-0.4, -0.2) is 29.5 Å². The van der Waals surface area contributed by atoms with E-state index in [-0.39, 0.29) is 5.91 Å². The standard InChI is InChI=1S/C16H16N4O2S/c1-22-15-10(3-2-7-19-15)6-8-18-14(21)11-4-5-13-12(9-11)20-16(17)23-13/h2-5,7,9H,6,8H2,1H3,(H2,17,20)(H,18,21). The molecule has 1 aromatic carbocycles. The van der Waals surface area contributed by atoms with Crippen molar-refractivity contribution in [1.29, 1.82) is 0 Å². The van der Waals surface area contributed by atoms with E-state index < -0.39 is 0 Å². The monoisotopic (exact) mass is 328 g/mol. The molecule has 0 saturated heterocycles. The first-order valence-electron chi connectivity index (χ1n) is 7.09. The average Bonchev–Trinajstić information content (AvgIpc) is 2.94. The molecule has 3 aromatic rings. The molecular formula is C16H16N4O2S. The molecule has 0 spiro atoms. The van der Waals surface area contributed by atoms with Gasteiger partial charge in [-0.1, -0.05) is 17.4 Å². The van der Waals surface area contributed by atoms with E-state index in [2.05, 4.69) is 15.3 Å². The molecule has 23 heavy (non-hydrogen) atoms. The third-order valence-electron chi connectivity index (χ3n) is 3.39. The van der Waals surface area contributed by atoms with Crippen LogP contribution in [0.25, 0.3) is 10.2 Å². The van der Waals surface area contributed by atoms with Gasteiger partial charge in [-0.3, -0.25) is 4.79 Å². The highest BCUT2D eigenvalue weighted by Gasteiger charge is 2.09. The van der Waals surface area contributed by atoms with Crippen molar-refractivity contribution in [3.8, 4) is 5.88 Å². The van der Waals surface area contributed by atoms with Crippen LogP contribution in [0.5, 0.6) is 5.88 Å². The number of nitrogen functional groups attached to an aromatic ring is 1. The maximum atomic E-state index is 12.2. The molecule has 0 unspecified atom stereocenters. The summed E-state index contributed by atoms with van der Waals surface area (Å²) in [5.41, 5.74) is 7.95. The van der Waals surface area contributed by atoms with E-state index in [0.717, 1.165) is 15.8 Å². The van der Waals surface area contributed by atoms with Crippen molar-refractivity contribution in [2.75, 3.05) is 19.4 Å². The topological polar surface area (TPSA) is 90.1 Å². The number of benzene rings is 1. The minimum Gasteiger partial charge on any atom is -0.481 e. The molecule has 0 bridgehead atoms. The molecule has 0 saturated carbocycles. The van der Waals surface area contributed by atoms with Gasteiger partial charge in [-0.15, -0.1) is 0 Å². The van der Waals surface area contributed by atoms with Crippen LogP contribution >= 0.6 is 11.3 Å². The zero-order chi connectivity index (χ0) is 16.2. The molecule has 2 aromatic heterocycles. The Balaban J connectivity index is 1.64. The number of carbonyl (C=O) groups is 1. The number of methoxy groups -OCH3 is 1. The number of nitrogens with zero attached hydrogens (tertiary/aromatic N) is 2. The van der Waals surface area contributed by atoms with E-state index in [4.69, 9.17) is 10.5 Å². The number of hydrogen-bond acceptors (Lipinski definition) is 6. The summed E-state index contributed by atoms with van der Waals surface area (Å²) in [6, 6.07) is 9.17. The molecule has 6 nitrogen and oxygen atoms in total. The van der Waals surface area contributed by atoms with Gasteiger partial charge in [0.2, 0.25) is 5.88 Å². The normalized spacial score (nSPS) is 10.7. The molecule has 0 fully saturated rings. The number of pyridine rings is 1. The van der Waals surface area contributed by atoms with Crippen LogP contribution in [-0.2, 0) is 6.42 Å². The SMILES string of the molecule is COc1ncccc1CCNC(=O)c1ccc2sc(N)nc2c1. The Kier molecular flexibility index (Phi) is 4.38. The van der Waals surface area contributed by atoms with E-state index in [0.29, 0.717) is 29.5 Å². The Morgan fingerprint density at radius 2 is 2.26 bits per heavy atom. The lowest BCUT2D eigenvalue weighted by Gasteiger charge is -2.08. The van der Waals surface area contributed by atoms with Crippen LogP contribution in [0.4, 0.5) is 5.13 Å². The smallest absolute Gasteiger partial charge is 0.251 e. The molecule has 3 rings (SSSR count). The Bertz CT molecular complexity index is 847. The summed E-state index contributed by atoms with van der Waals surface area (Å²) in [5.74, 6) is 0.447. The van der Waals surface area contributed by atoms with Crippen LogP contribution in [0, 0.1) is 0 Å². The second-order valence-electron chi connectivity index (χ2n) is 4.91. The Hall–Kier alpha value is -2.67. The van der Waals surface area contributed by atoms with Crippen LogP contribution < -0.4 is 15.8 Å². The van der Waals surface area contributed by atoms with Crippen LogP contribution in [0.3, 0.4) is 0 Å². The summed E-state index contributed by atoms with van der Waals surface area (Å²) < 4.78 is 6.17. The van der Waals surface area contributed by atoms with Gasteiger partial charge in [0.05, 0.1) is 17.3 Å². The number of nitrogens with two attached hydrogens (primary N) is 1. The third kappa shape index (κ3) is 3.40. The Labute approximate surface area is 137 Å². The first-order chi connectivity index (χ1) is 11.2. The summed E-state index contributed by atoms with van der Waals surface area (Å²) in [5, 5.41) is 3.39. The predicted octanol–water partition coefficient (Wildman–Crippen LogP) is 2.25. The molecule has 0 aliphatic rings. The lowest BCUT2D eigenvalue weighted by Crippen LogP contribution is -2.25. The number of nitrogens with one attached hydrogen (secondary N) is 1. The highest BCUT2D eigenvalue weighted by atomic mass is 32.1. The van der Waals surface area contributed by atoms with Gasteiger partial charge in [0, 0.05) is 23.9 Å². The first-order valence-corrected chi connectivity index (χ1v) is 7.91. The van der Waals surface area contributed by atoms with Crippen molar-refractivity contribution < 1.29 is 9.53 Å². The number of hydrogen-bond donors (Lipinski definition) is 2. The maximum Gasteiger partial charge on any atom is 0.251 e. The molecule has 0 aliphatic heterocycles. The number of carbonyl (C=O) groups excluding carboxylic acids is 1. The van der Waals surface area contributed by atoms with Crippen molar-refractivity contribution in [2.24, 2.45) is 0 Å². The number of amides is 1. The molecule has 2 heterocycles. The second-order valence-corrected chi connectivity index (χ2v) is 5.97. The fraction of sp³-hybridized carbons (Fsp3) is 0.188. The van der Waals surface area contributed by atoms with Gasteiger partial charge in [0.25, 0.3) is 5.91 Å². The molecule has 1 amide bonds. The molecule has 0 atom stereocenters. The van der Waals surface area contributed by atoms with Crippen molar-refractivity contribution in [1.82, 2.24) is 15.3 Å². The van der Waals surface area contributed by atoms with Gasteiger partial charge in [-0.25, -0.2) is 9.97 Å². The van der Waals surface area contributed by atoms with Gasteiger partial charge in [-0.2, -0.15) is 0 Å². The first kappa shape index (κ1) is 15.2. The van der Waals surface area contributed by atoms with Crippen molar-refractivity contribution in [3.63, 3.8) is 0 Å². The lowest BCUT2D eigenvalue weighted by molar-refractivity contribution is 0.0954. The summed E-state index contributed by atoms with van der Waals surface area (Å²) in [6.07, 6.45) is 2.32. The van der Waals surface area contributed by atoms with Gasteiger partial charge < -0.3 is 15.8 Å². The molecule has 7 heteroatoms. The minimum absolute atomic E-state index is 0.138. The molecule has 3 N–H and O–H groups in total.